The molecule has 0 saturated heterocycles. The summed E-state index contributed by atoms with van der Waals surface area (Å²) in [5.74, 6) is 1.20. The Kier molecular flexibility index (Phi) is 4.77. The van der Waals surface area contributed by atoms with Crippen molar-refractivity contribution in [2.24, 2.45) is 0 Å². The quantitative estimate of drug-likeness (QED) is 0.858. The van der Waals surface area contributed by atoms with Gasteiger partial charge >= 0.3 is 0 Å². The zero-order chi connectivity index (χ0) is 18.1. The molecule has 3 unspecified atom stereocenters. The summed E-state index contributed by atoms with van der Waals surface area (Å²) in [5.41, 5.74) is 2.96. The molecule has 1 heterocycles. The lowest BCUT2D eigenvalue weighted by molar-refractivity contribution is -0.0445. The minimum atomic E-state index is -0.182. The van der Waals surface area contributed by atoms with E-state index in [0.717, 1.165) is 23.1 Å². The fraction of sp³-hybridized carbons (Fsp3) is 0.400. The Labute approximate surface area is 147 Å². The van der Waals surface area contributed by atoms with Crippen LogP contribution >= 0.6 is 0 Å². The summed E-state index contributed by atoms with van der Waals surface area (Å²) >= 11 is 0. The third-order valence-corrected chi connectivity index (χ3v) is 4.89. The molecule has 3 rings (SSSR count). The van der Waals surface area contributed by atoms with Gasteiger partial charge in [-0.25, -0.2) is 0 Å². The molecule has 25 heavy (non-hydrogen) atoms. The van der Waals surface area contributed by atoms with Crippen LogP contribution in [0.25, 0.3) is 0 Å². The minimum Gasteiger partial charge on any atom is -0.504 e. The average Bonchev–Trinajstić information content (AvgIpc) is 2.62. The molecule has 0 radical (unpaired) electrons. The number of rotatable bonds is 4. The third kappa shape index (κ3) is 2.89. The lowest BCUT2D eigenvalue weighted by atomic mass is 9.82. The second-order valence-electron chi connectivity index (χ2n) is 6.29. The first-order valence-electron chi connectivity index (χ1n) is 8.43. The van der Waals surface area contributed by atoms with Crippen LogP contribution in [0.2, 0.25) is 0 Å². The van der Waals surface area contributed by atoms with E-state index in [0.29, 0.717) is 11.5 Å². The highest BCUT2D eigenvalue weighted by atomic mass is 16.5. The molecule has 134 valence electrons. The van der Waals surface area contributed by atoms with Crippen molar-refractivity contribution in [2.45, 2.75) is 38.4 Å². The highest BCUT2D eigenvalue weighted by Crippen LogP contribution is 2.52. The molecule has 0 fully saturated rings. The van der Waals surface area contributed by atoms with E-state index >= 15 is 0 Å². The Balaban J connectivity index is 2.09. The lowest BCUT2D eigenvalue weighted by Gasteiger charge is -2.38. The van der Waals surface area contributed by atoms with E-state index in [4.69, 9.17) is 14.2 Å². The van der Waals surface area contributed by atoms with Gasteiger partial charge in [-0.2, -0.15) is 0 Å². The molecule has 2 aromatic rings. The van der Waals surface area contributed by atoms with Gasteiger partial charge in [0, 0.05) is 11.5 Å². The Morgan fingerprint density at radius 2 is 1.76 bits per heavy atom. The molecule has 0 spiro atoms. The zero-order valence-electron chi connectivity index (χ0n) is 14.9. The summed E-state index contributed by atoms with van der Waals surface area (Å²) in [6.45, 7) is 4.13. The Hall–Kier alpha value is -2.40. The van der Waals surface area contributed by atoms with E-state index in [1.165, 1.54) is 7.11 Å². The highest BCUT2D eigenvalue weighted by molar-refractivity contribution is 5.54. The van der Waals surface area contributed by atoms with Crippen LogP contribution in [0.5, 0.6) is 23.0 Å². The van der Waals surface area contributed by atoms with Crippen molar-refractivity contribution in [1.82, 2.24) is 0 Å². The van der Waals surface area contributed by atoms with Crippen LogP contribution in [0.4, 0.5) is 0 Å². The summed E-state index contributed by atoms with van der Waals surface area (Å²) in [6.07, 6.45) is 0.393. The van der Waals surface area contributed by atoms with Crippen molar-refractivity contribution < 1.29 is 24.4 Å². The molecular formula is C20H24O5. The van der Waals surface area contributed by atoms with Gasteiger partial charge in [-0.05, 0) is 35.7 Å². The SMILES string of the molecule is CCC1OC(c2ccc(O)c(OC)c2)C(C)c2ccc(O)c(OC)c21. The summed E-state index contributed by atoms with van der Waals surface area (Å²) in [6, 6.07) is 8.90. The second kappa shape index (κ2) is 6.84. The maximum atomic E-state index is 10.1. The van der Waals surface area contributed by atoms with Gasteiger partial charge in [0.1, 0.15) is 0 Å². The number of ether oxygens (including phenoxy) is 3. The number of benzene rings is 2. The van der Waals surface area contributed by atoms with Crippen molar-refractivity contribution in [1.29, 1.82) is 0 Å². The fourth-order valence-corrected chi connectivity index (χ4v) is 3.61. The average molecular weight is 344 g/mol. The summed E-state index contributed by atoms with van der Waals surface area (Å²) in [7, 11) is 3.09. The van der Waals surface area contributed by atoms with Gasteiger partial charge < -0.3 is 24.4 Å². The van der Waals surface area contributed by atoms with Gasteiger partial charge in [0.05, 0.1) is 26.4 Å². The summed E-state index contributed by atoms with van der Waals surface area (Å²) in [5, 5.41) is 20.0. The van der Waals surface area contributed by atoms with Crippen molar-refractivity contribution in [3.05, 3.63) is 47.0 Å². The van der Waals surface area contributed by atoms with Crippen LogP contribution in [0.15, 0.2) is 30.3 Å². The van der Waals surface area contributed by atoms with E-state index in [9.17, 15) is 10.2 Å². The molecule has 0 aliphatic carbocycles. The topological polar surface area (TPSA) is 68.2 Å². The van der Waals surface area contributed by atoms with Crippen molar-refractivity contribution in [3.63, 3.8) is 0 Å². The molecule has 0 bridgehead atoms. The van der Waals surface area contributed by atoms with Gasteiger partial charge in [-0.1, -0.05) is 26.0 Å². The molecule has 0 aromatic heterocycles. The predicted molar refractivity (Wildman–Crippen MR) is 94.6 cm³/mol. The smallest absolute Gasteiger partial charge is 0.166 e. The molecule has 2 N–H and O–H groups in total. The van der Waals surface area contributed by atoms with Crippen LogP contribution in [0.3, 0.4) is 0 Å². The van der Waals surface area contributed by atoms with Crippen LogP contribution in [-0.4, -0.2) is 24.4 Å². The third-order valence-electron chi connectivity index (χ3n) is 4.89. The van der Waals surface area contributed by atoms with Crippen molar-refractivity contribution in [2.75, 3.05) is 14.2 Å². The number of aromatic hydroxyl groups is 2. The number of phenols is 2. The van der Waals surface area contributed by atoms with Gasteiger partial charge in [0.25, 0.3) is 0 Å². The molecular weight excluding hydrogens is 320 g/mol. The number of methoxy groups -OCH3 is 2. The second-order valence-corrected chi connectivity index (χ2v) is 6.29. The molecule has 5 heteroatoms. The largest absolute Gasteiger partial charge is 0.504 e. The van der Waals surface area contributed by atoms with Gasteiger partial charge in [0.15, 0.2) is 23.0 Å². The predicted octanol–water partition coefficient (Wildman–Crippen LogP) is 4.44. The molecule has 5 nitrogen and oxygen atoms in total. The van der Waals surface area contributed by atoms with Gasteiger partial charge in [-0.3, -0.25) is 0 Å². The first-order valence-corrected chi connectivity index (χ1v) is 8.43. The molecule has 1 aliphatic heterocycles. The molecule has 3 atom stereocenters. The maximum Gasteiger partial charge on any atom is 0.166 e. The Bertz CT molecular complexity index is 771. The number of hydrogen-bond acceptors (Lipinski definition) is 5. The van der Waals surface area contributed by atoms with Crippen molar-refractivity contribution in [3.8, 4) is 23.0 Å². The monoisotopic (exact) mass is 344 g/mol. The van der Waals surface area contributed by atoms with Crippen LogP contribution < -0.4 is 9.47 Å². The van der Waals surface area contributed by atoms with Crippen molar-refractivity contribution >= 4 is 0 Å². The minimum absolute atomic E-state index is 0.0570. The Morgan fingerprint density at radius 3 is 2.40 bits per heavy atom. The maximum absolute atomic E-state index is 10.1. The molecule has 2 aromatic carbocycles. The Morgan fingerprint density at radius 1 is 1.04 bits per heavy atom. The first-order chi connectivity index (χ1) is 12.0. The zero-order valence-corrected chi connectivity index (χ0v) is 14.9. The van der Waals surface area contributed by atoms with Crippen LogP contribution in [0.1, 0.15) is 55.1 Å². The number of hydrogen-bond donors (Lipinski definition) is 2. The molecule has 1 aliphatic rings. The first kappa shape index (κ1) is 17.4. The lowest BCUT2D eigenvalue weighted by Crippen LogP contribution is -2.24. The van der Waals surface area contributed by atoms with Crippen LogP contribution in [0, 0.1) is 0 Å². The van der Waals surface area contributed by atoms with E-state index in [-0.39, 0.29) is 29.6 Å². The summed E-state index contributed by atoms with van der Waals surface area (Å²) < 4.78 is 17.0. The van der Waals surface area contributed by atoms with Gasteiger partial charge in [-0.15, -0.1) is 0 Å². The fourth-order valence-electron chi connectivity index (χ4n) is 3.61. The van der Waals surface area contributed by atoms with Crippen LogP contribution in [-0.2, 0) is 4.74 Å². The molecule has 0 amide bonds. The van der Waals surface area contributed by atoms with E-state index in [1.54, 1.807) is 19.2 Å². The number of phenolic OH excluding ortho intramolecular Hbond substituents is 2. The standard InChI is InChI=1S/C20H24O5/c1-5-16-18-13(7-9-15(22)20(18)24-4)11(2)19(25-16)12-6-8-14(21)17(10-12)23-3/h6-11,16,19,21-22H,5H2,1-4H3. The van der Waals surface area contributed by atoms with E-state index < -0.39 is 0 Å². The summed E-state index contributed by atoms with van der Waals surface area (Å²) in [4.78, 5) is 0. The van der Waals surface area contributed by atoms with E-state index in [1.807, 2.05) is 25.1 Å². The number of fused-ring (bicyclic) bond motifs is 1. The van der Waals surface area contributed by atoms with E-state index in [2.05, 4.69) is 6.92 Å². The van der Waals surface area contributed by atoms with Gasteiger partial charge in [0.2, 0.25) is 0 Å². The molecule has 0 saturated carbocycles. The highest BCUT2D eigenvalue weighted by Gasteiger charge is 2.36. The normalized spacial score (nSPS) is 22.3.